The summed E-state index contributed by atoms with van der Waals surface area (Å²) in [4.78, 5) is 13.2. The van der Waals surface area contributed by atoms with Gasteiger partial charge in [0.05, 0.1) is 6.04 Å². The minimum atomic E-state index is -0.0661. The molecule has 1 aromatic carbocycles. The smallest absolute Gasteiger partial charge is 0.142 e. The second-order valence-corrected chi connectivity index (χ2v) is 3.86. The van der Waals surface area contributed by atoms with Gasteiger partial charge in [-0.05, 0) is 18.1 Å². The lowest BCUT2D eigenvalue weighted by molar-refractivity contribution is -0.111. The quantitative estimate of drug-likeness (QED) is 0.714. The first-order valence-corrected chi connectivity index (χ1v) is 5.48. The second-order valence-electron chi connectivity index (χ2n) is 3.86. The SMILES string of the molecule is O=C[C@H](Cc1ccccc1)N1C=CC=CC1. The monoisotopic (exact) mass is 213 g/mol. The van der Waals surface area contributed by atoms with Crippen LogP contribution in [0.25, 0.3) is 0 Å². The van der Waals surface area contributed by atoms with E-state index >= 15 is 0 Å². The maximum atomic E-state index is 11.1. The highest BCUT2D eigenvalue weighted by Crippen LogP contribution is 2.10. The summed E-state index contributed by atoms with van der Waals surface area (Å²) in [5.41, 5.74) is 1.20. The van der Waals surface area contributed by atoms with Crippen molar-refractivity contribution in [3.8, 4) is 0 Å². The van der Waals surface area contributed by atoms with Crippen LogP contribution in [-0.2, 0) is 11.2 Å². The zero-order chi connectivity index (χ0) is 11.2. The predicted octanol–water partition coefficient (Wildman–Crippen LogP) is 2.18. The number of aldehydes is 1. The Labute approximate surface area is 95.9 Å². The first-order chi connectivity index (χ1) is 7.90. The molecule has 2 heteroatoms. The average Bonchev–Trinajstić information content (AvgIpc) is 2.38. The third kappa shape index (κ3) is 2.60. The fraction of sp³-hybridized carbons (Fsp3) is 0.214. The highest BCUT2D eigenvalue weighted by atomic mass is 16.1. The number of allylic oxidation sites excluding steroid dienone is 2. The predicted molar refractivity (Wildman–Crippen MR) is 65.0 cm³/mol. The Hall–Kier alpha value is -1.83. The summed E-state index contributed by atoms with van der Waals surface area (Å²) in [6, 6.07) is 10.0. The largest absolute Gasteiger partial charge is 0.364 e. The molecule has 0 saturated carbocycles. The molecule has 0 aromatic heterocycles. The molecule has 2 rings (SSSR count). The van der Waals surface area contributed by atoms with Crippen LogP contribution in [0.3, 0.4) is 0 Å². The third-order valence-corrected chi connectivity index (χ3v) is 2.71. The molecule has 1 aliphatic rings. The van der Waals surface area contributed by atoms with E-state index in [1.54, 1.807) is 0 Å². The number of hydrogen-bond donors (Lipinski definition) is 0. The minimum Gasteiger partial charge on any atom is -0.364 e. The number of rotatable bonds is 4. The van der Waals surface area contributed by atoms with Gasteiger partial charge in [0.1, 0.15) is 6.29 Å². The van der Waals surface area contributed by atoms with E-state index < -0.39 is 0 Å². The zero-order valence-electron chi connectivity index (χ0n) is 9.12. The molecule has 0 amide bonds. The van der Waals surface area contributed by atoms with Gasteiger partial charge in [0.25, 0.3) is 0 Å². The van der Waals surface area contributed by atoms with Crippen LogP contribution in [0.5, 0.6) is 0 Å². The van der Waals surface area contributed by atoms with Crippen LogP contribution < -0.4 is 0 Å². The highest BCUT2D eigenvalue weighted by Gasteiger charge is 2.14. The van der Waals surface area contributed by atoms with E-state index in [4.69, 9.17) is 0 Å². The van der Waals surface area contributed by atoms with Gasteiger partial charge in [0.2, 0.25) is 0 Å². The number of carbonyl (C=O) groups is 1. The van der Waals surface area contributed by atoms with Crippen molar-refractivity contribution >= 4 is 6.29 Å². The van der Waals surface area contributed by atoms with Gasteiger partial charge in [-0.25, -0.2) is 0 Å². The second kappa shape index (κ2) is 5.31. The van der Waals surface area contributed by atoms with Crippen LogP contribution >= 0.6 is 0 Å². The average molecular weight is 213 g/mol. The van der Waals surface area contributed by atoms with Crippen molar-refractivity contribution < 1.29 is 4.79 Å². The molecule has 0 N–H and O–H groups in total. The third-order valence-electron chi connectivity index (χ3n) is 2.71. The Balaban J connectivity index is 2.03. The van der Waals surface area contributed by atoms with Crippen LogP contribution in [-0.4, -0.2) is 23.8 Å². The Kier molecular flexibility index (Phi) is 3.54. The van der Waals surface area contributed by atoms with E-state index in [0.717, 1.165) is 19.3 Å². The summed E-state index contributed by atoms with van der Waals surface area (Å²) >= 11 is 0. The molecular weight excluding hydrogens is 198 g/mol. The van der Waals surface area contributed by atoms with Crippen molar-refractivity contribution in [2.45, 2.75) is 12.5 Å². The molecule has 0 unspecified atom stereocenters. The van der Waals surface area contributed by atoms with Gasteiger partial charge < -0.3 is 9.69 Å². The fourth-order valence-electron chi connectivity index (χ4n) is 1.83. The Morgan fingerprint density at radius 1 is 1.25 bits per heavy atom. The molecule has 0 bridgehead atoms. The molecule has 2 nitrogen and oxygen atoms in total. The van der Waals surface area contributed by atoms with Gasteiger partial charge in [-0.2, -0.15) is 0 Å². The standard InChI is InChI=1S/C14H15NO/c16-12-14(15-9-5-2-6-10-15)11-13-7-3-1-4-8-13/h1-9,12,14H,10-11H2/t14-/m0/s1. The Bertz CT molecular complexity index is 394. The van der Waals surface area contributed by atoms with E-state index in [-0.39, 0.29) is 6.04 Å². The van der Waals surface area contributed by atoms with E-state index in [0.29, 0.717) is 0 Å². The molecule has 1 aliphatic heterocycles. The van der Waals surface area contributed by atoms with Crippen LogP contribution in [0.4, 0.5) is 0 Å². The molecule has 1 heterocycles. The maximum Gasteiger partial charge on any atom is 0.142 e. The van der Waals surface area contributed by atoms with Crippen molar-refractivity contribution in [1.82, 2.24) is 4.90 Å². The summed E-state index contributed by atoms with van der Waals surface area (Å²) in [5.74, 6) is 0. The minimum absolute atomic E-state index is 0.0661. The Morgan fingerprint density at radius 2 is 2.06 bits per heavy atom. The lowest BCUT2D eigenvalue weighted by Gasteiger charge is -2.26. The highest BCUT2D eigenvalue weighted by molar-refractivity contribution is 5.59. The van der Waals surface area contributed by atoms with Gasteiger partial charge >= 0.3 is 0 Å². The summed E-state index contributed by atoms with van der Waals surface area (Å²) in [6.45, 7) is 0.812. The summed E-state index contributed by atoms with van der Waals surface area (Å²) in [7, 11) is 0. The van der Waals surface area contributed by atoms with Crippen molar-refractivity contribution in [2.24, 2.45) is 0 Å². The molecule has 82 valence electrons. The van der Waals surface area contributed by atoms with Gasteiger partial charge in [0.15, 0.2) is 0 Å². The molecule has 1 atom stereocenters. The molecule has 0 aliphatic carbocycles. The lowest BCUT2D eigenvalue weighted by atomic mass is 10.1. The van der Waals surface area contributed by atoms with E-state index in [1.165, 1.54) is 5.56 Å². The fourth-order valence-corrected chi connectivity index (χ4v) is 1.83. The summed E-state index contributed by atoms with van der Waals surface area (Å²) < 4.78 is 0. The normalized spacial score (nSPS) is 16.1. The summed E-state index contributed by atoms with van der Waals surface area (Å²) in [6.07, 6.45) is 9.79. The zero-order valence-corrected chi connectivity index (χ0v) is 9.12. The van der Waals surface area contributed by atoms with Gasteiger partial charge in [-0.15, -0.1) is 0 Å². The topological polar surface area (TPSA) is 20.3 Å². The molecule has 0 radical (unpaired) electrons. The number of hydrogen-bond acceptors (Lipinski definition) is 2. The van der Waals surface area contributed by atoms with Crippen LogP contribution in [0.1, 0.15) is 5.56 Å². The maximum absolute atomic E-state index is 11.1. The molecule has 16 heavy (non-hydrogen) atoms. The molecular formula is C14H15NO. The van der Waals surface area contributed by atoms with E-state index in [1.807, 2.05) is 36.6 Å². The molecule has 0 fully saturated rings. The Morgan fingerprint density at radius 3 is 2.69 bits per heavy atom. The van der Waals surface area contributed by atoms with Crippen molar-refractivity contribution in [1.29, 1.82) is 0 Å². The first-order valence-electron chi connectivity index (χ1n) is 5.48. The number of carbonyl (C=O) groups excluding carboxylic acids is 1. The molecule has 0 saturated heterocycles. The van der Waals surface area contributed by atoms with Gasteiger partial charge in [-0.3, -0.25) is 0 Å². The van der Waals surface area contributed by atoms with Crippen LogP contribution in [0.15, 0.2) is 54.8 Å². The van der Waals surface area contributed by atoms with E-state index in [2.05, 4.69) is 23.1 Å². The number of nitrogens with zero attached hydrogens (tertiary/aromatic N) is 1. The van der Waals surface area contributed by atoms with Crippen molar-refractivity contribution in [3.63, 3.8) is 0 Å². The number of benzene rings is 1. The van der Waals surface area contributed by atoms with Crippen molar-refractivity contribution in [3.05, 3.63) is 60.3 Å². The molecule has 0 spiro atoms. The van der Waals surface area contributed by atoms with Crippen LogP contribution in [0.2, 0.25) is 0 Å². The molecule has 1 aromatic rings. The van der Waals surface area contributed by atoms with Crippen LogP contribution in [0, 0.1) is 0 Å². The van der Waals surface area contributed by atoms with E-state index in [9.17, 15) is 4.79 Å². The van der Waals surface area contributed by atoms with Crippen molar-refractivity contribution in [2.75, 3.05) is 6.54 Å². The summed E-state index contributed by atoms with van der Waals surface area (Å²) in [5, 5.41) is 0. The lowest BCUT2D eigenvalue weighted by Crippen LogP contribution is -2.34. The first kappa shape index (κ1) is 10.7. The van der Waals surface area contributed by atoms with Gasteiger partial charge in [-0.1, -0.05) is 42.5 Å². The van der Waals surface area contributed by atoms with Gasteiger partial charge in [0, 0.05) is 12.7 Å².